The number of rotatable bonds is 6. The van der Waals surface area contributed by atoms with Crippen LogP contribution < -0.4 is 10.0 Å². The smallest absolute Gasteiger partial charge is 0.309 e. The summed E-state index contributed by atoms with van der Waals surface area (Å²) in [5, 5.41) is 12.1. The second-order valence-corrected chi connectivity index (χ2v) is 12.4. The van der Waals surface area contributed by atoms with E-state index in [2.05, 4.69) is 16.0 Å². The molecule has 2 saturated heterocycles. The van der Waals surface area contributed by atoms with Crippen molar-refractivity contribution in [3.05, 3.63) is 0 Å². The first-order valence-corrected chi connectivity index (χ1v) is 13.1. The number of sulfonamides is 1. The Kier molecular flexibility index (Phi) is 5.99. The van der Waals surface area contributed by atoms with Gasteiger partial charge in [0.05, 0.1) is 29.2 Å². The predicted octanol–water partition coefficient (Wildman–Crippen LogP) is 0.448. The summed E-state index contributed by atoms with van der Waals surface area (Å²) in [5.74, 6) is 1.58. The SMILES string of the molecule is C#CCN1C(=O)N(CC2CNC(C)S2)C(=O)C2CC(S(=O)(=O)NC3(C#N)CC3)CCC21. The first-order valence-electron chi connectivity index (χ1n) is 10.6. The van der Waals surface area contributed by atoms with Crippen LogP contribution in [0.15, 0.2) is 0 Å². The number of hydrogen-bond donors (Lipinski definition) is 2. The maximum atomic E-state index is 13.3. The van der Waals surface area contributed by atoms with Crippen LogP contribution >= 0.6 is 11.8 Å². The van der Waals surface area contributed by atoms with Gasteiger partial charge in [-0.3, -0.25) is 9.69 Å². The zero-order valence-corrected chi connectivity index (χ0v) is 19.0. The van der Waals surface area contributed by atoms with Crippen molar-refractivity contribution in [2.45, 2.75) is 66.5 Å². The van der Waals surface area contributed by atoms with Crippen molar-refractivity contribution in [2.75, 3.05) is 19.6 Å². The molecule has 0 bridgehead atoms. The molecule has 0 radical (unpaired) electrons. The van der Waals surface area contributed by atoms with Crippen LogP contribution in [0.25, 0.3) is 0 Å². The third kappa shape index (κ3) is 4.29. The van der Waals surface area contributed by atoms with Gasteiger partial charge in [-0.15, -0.1) is 18.2 Å². The zero-order valence-electron chi connectivity index (χ0n) is 17.4. The maximum absolute atomic E-state index is 13.3. The lowest BCUT2D eigenvalue weighted by Gasteiger charge is -2.48. The highest BCUT2D eigenvalue weighted by Gasteiger charge is 2.53. The van der Waals surface area contributed by atoms with Gasteiger partial charge in [0, 0.05) is 24.4 Å². The number of amides is 3. The number of nitriles is 1. The normalized spacial score (nSPS) is 34.7. The van der Waals surface area contributed by atoms with Crippen LogP contribution in [-0.2, 0) is 14.8 Å². The summed E-state index contributed by atoms with van der Waals surface area (Å²) in [5.41, 5.74) is -0.993. The number of urea groups is 1. The Morgan fingerprint density at radius 2 is 2.10 bits per heavy atom. The van der Waals surface area contributed by atoms with Crippen LogP contribution in [0.3, 0.4) is 0 Å². The highest BCUT2D eigenvalue weighted by atomic mass is 32.2. The topological polar surface area (TPSA) is 123 Å². The molecule has 2 heterocycles. The van der Waals surface area contributed by atoms with E-state index in [0.717, 1.165) is 0 Å². The van der Waals surface area contributed by atoms with E-state index < -0.39 is 32.8 Å². The lowest BCUT2D eigenvalue weighted by atomic mass is 9.80. The fourth-order valence-corrected chi connectivity index (χ4v) is 7.86. The monoisotopic (exact) mass is 465 g/mol. The molecule has 0 aromatic carbocycles. The maximum Gasteiger partial charge on any atom is 0.327 e. The molecule has 2 aliphatic heterocycles. The second kappa shape index (κ2) is 8.28. The minimum absolute atomic E-state index is 0.0854. The number of terminal acetylenes is 1. The first-order chi connectivity index (χ1) is 14.7. The van der Waals surface area contributed by atoms with E-state index >= 15 is 0 Å². The molecule has 11 heteroatoms. The average molecular weight is 466 g/mol. The molecule has 0 aromatic rings. The number of thioether (sulfide) groups is 1. The second-order valence-electron chi connectivity index (χ2n) is 8.82. The highest BCUT2D eigenvalue weighted by molar-refractivity contribution is 8.00. The van der Waals surface area contributed by atoms with Crippen molar-refractivity contribution in [1.82, 2.24) is 19.8 Å². The van der Waals surface area contributed by atoms with Crippen molar-refractivity contribution < 1.29 is 18.0 Å². The van der Waals surface area contributed by atoms with Crippen molar-refractivity contribution >= 4 is 33.7 Å². The molecule has 3 amide bonds. The van der Waals surface area contributed by atoms with Crippen LogP contribution in [0.4, 0.5) is 4.79 Å². The van der Waals surface area contributed by atoms with E-state index in [1.807, 2.05) is 13.0 Å². The van der Waals surface area contributed by atoms with E-state index in [9.17, 15) is 23.3 Å². The third-order valence-corrected chi connectivity index (χ3v) is 9.90. The summed E-state index contributed by atoms with van der Waals surface area (Å²) < 4.78 is 28.4. The number of nitrogens with zero attached hydrogens (tertiary/aromatic N) is 3. The van der Waals surface area contributed by atoms with E-state index in [1.165, 1.54) is 4.90 Å². The number of hydrogen-bond acceptors (Lipinski definition) is 7. The van der Waals surface area contributed by atoms with Gasteiger partial charge in [-0.1, -0.05) is 5.92 Å². The fourth-order valence-electron chi connectivity index (χ4n) is 4.79. The molecule has 4 rings (SSSR count). The number of nitrogens with one attached hydrogen (secondary N) is 2. The molecule has 5 atom stereocenters. The van der Waals surface area contributed by atoms with Gasteiger partial charge in [-0.25, -0.2) is 13.2 Å². The van der Waals surface area contributed by atoms with E-state index in [0.29, 0.717) is 32.2 Å². The minimum atomic E-state index is -3.76. The zero-order chi connectivity index (χ0) is 22.4. The van der Waals surface area contributed by atoms with Gasteiger partial charge in [-0.2, -0.15) is 9.98 Å². The summed E-state index contributed by atoms with van der Waals surface area (Å²) in [6, 6.07) is 1.27. The summed E-state index contributed by atoms with van der Waals surface area (Å²) in [7, 11) is -3.76. The first kappa shape index (κ1) is 22.4. The van der Waals surface area contributed by atoms with Crippen LogP contribution in [0.2, 0.25) is 0 Å². The molecular formula is C20H27N5O4S2. The molecule has 4 aliphatic rings. The largest absolute Gasteiger partial charge is 0.327 e. The van der Waals surface area contributed by atoms with Gasteiger partial charge in [0.25, 0.3) is 0 Å². The summed E-state index contributed by atoms with van der Waals surface area (Å²) in [6.45, 7) is 3.09. The van der Waals surface area contributed by atoms with Crippen LogP contribution in [0.5, 0.6) is 0 Å². The number of imide groups is 1. The van der Waals surface area contributed by atoms with Crippen LogP contribution in [0.1, 0.15) is 39.0 Å². The van der Waals surface area contributed by atoms with E-state index in [1.54, 1.807) is 16.7 Å². The highest BCUT2D eigenvalue weighted by Crippen LogP contribution is 2.40. The number of carbonyl (C=O) groups is 2. The molecule has 2 aliphatic carbocycles. The molecule has 5 unspecified atom stereocenters. The van der Waals surface area contributed by atoms with Gasteiger partial charge in [0.15, 0.2) is 0 Å². The molecule has 31 heavy (non-hydrogen) atoms. The Bertz CT molecular complexity index is 952. The molecule has 2 N–H and O–H groups in total. The van der Waals surface area contributed by atoms with Gasteiger partial charge in [-0.05, 0) is 39.0 Å². The van der Waals surface area contributed by atoms with Crippen molar-refractivity contribution in [3.8, 4) is 18.4 Å². The van der Waals surface area contributed by atoms with Gasteiger partial charge in [0.1, 0.15) is 5.54 Å². The van der Waals surface area contributed by atoms with Gasteiger partial charge >= 0.3 is 6.03 Å². The van der Waals surface area contributed by atoms with Crippen molar-refractivity contribution in [3.63, 3.8) is 0 Å². The lowest BCUT2D eigenvalue weighted by molar-refractivity contribution is -0.140. The fraction of sp³-hybridized carbons (Fsp3) is 0.750. The van der Waals surface area contributed by atoms with Crippen molar-refractivity contribution in [2.24, 2.45) is 5.92 Å². The molecular weight excluding hydrogens is 438 g/mol. The quantitative estimate of drug-likeness (QED) is 0.546. The Morgan fingerprint density at radius 1 is 1.35 bits per heavy atom. The van der Waals surface area contributed by atoms with E-state index in [-0.39, 0.29) is 42.1 Å². The Balaban J connectivity index is 1.54. The Morgan fingerprint density at radius 3 is 2.68 bits per heavy atom. The van der Waals surface area contributed by atoms with E-state index in [4.69, 9.17) is 6.42 Å². The van der Waals surface area contributed by atoms with Crippen LogP contribution in [-0.4, -0.2) is 77.2 Å². The molecule has 2 saturated carbocycles. The Hall–Kier alpha value is -1.79. The molecule has 0 spiro atoms. The summed E-state index contributed by atoms with van der Waals surface area (Å²) >= 11 is 1.68. The Labute approximate surface area is 187 Å². The molecule has 9 nitrogen and oxygen atoms in total. The average Bonchev–Trinajstić information content (AvgIpc) is 3.38. The predicted molar refractivity (Wildman–Crippen MR) is 116 cm³/mol. The number of carbonyl (C=O) groups excluding carboxylic acids is 2. The standard InChI is InChI=1S/C20H27N5O4S2/c1-3-8-24-17-5-4-15(31(28,29)23-20(12-21)6-7-20)9-16(17)18(26)25(19(24)27)11-14-10-22-13(2)30-14/h1,13-17,22-23H,4-11H2,2H3. The van der Waals surface area contributed by atoms with Crippen LogP contribution in [0, 0.1) is 29.6 Å². The van der Waals surface area contributed by atoms with Gasteiger partial charge < -0.3 is 10.2 Å². The number of fused-ring (bicyclic) bond motifs is 1. The molecule has 168 valence electrons. The summed E-state index contributed by atoms with van der Waals surface area (Å²) in [6.07, 6.45) is 7.33. The van der Waals surface area contributed by atoms with Crippen molar-refractivity contribution in [1.29, 1.82) is 5.26 Å². The minimum Gasteiger partial charge on any atom is -0.309 e. The molecule has 0 aromatic heterocycles. The summed E-state index contributed by atoms with van der Waals surface area (Å²) in [4.78, 5) is 29.3. The third-order valence-electron chi connectivity index (χ3n) is 6.64. The van der Waals surface area contributed by atoms with Gasteiger partial charge in [0.2, 0.25) is 15.9 Å². The molecule has 4 fully saturated rings. The lowest BCUT2D eigenvalue weighted by Crippen LogP contribution is -2.65.